The Morgan fingerprint density at radius 1 is 0.684 bits per heavy atom. The minimum atomic E-state index is 0.427. The van der Waals surface area contributed by atoms with Crippen LogP contribution in [-0.2, 0) is 4.79 Å². The Labute approximate surface area is 120 Å². The lowest BCUT2D eigenvalue weighted by atomic mass is 9.34. The van der Waals surface area contributed by atoms with Gasteiger partial charge in [0.05, 0.1) is 5.68 Å². The van der Waals surface area contributed by atoms with Crippen molar-refractivity contribution in [1.82, 2.24) is 0 Å². The number of carbonyl (C=O) groups excluding carboxylic acids is 1. The Morgan fingerprint density at radius 2 is 1.21 bits per heavy atom. The molecule has 1 saturated carbocycles. The SMILES string of the molecule is O=C1CCCCCCCB1C1CCCCCCCC1. The molecule has 0 amide bonds. The number of hydrogen-bond donors (Lipinski definition) is 0. The minimum absolute atomic E-state index is 0.427. The molecule has 1 aliphatic heterocycles. The lowest BCUT2D eigenvalue weighted by molar-refractivity contribution is -0.112. The Morgan fingerprint density at radius 3 is 1.89 bits per heavy atom. The summed E-state index contributed by atoms with van der Waals surface area (Å²) in [4.78, 5) is 12.5. The molecule has 0 spiro atoms. The van der Waals surface area contributed by atoms with Gasteiger partial charge < -0.3 is 4.79 Å². The molecule has 0 aromatic carbocycles. The van der Waals surface area contributed by atoms with Crippen LogP contribution in [0.25, 0.3) is 0 Å². The smallest absolute Gasteiger partial charge is 0.226 e. The molecule has 0 unspecified atom stereocenters. The topological polar surface area (TPSA) is 17.1 Å². The summed E-state index contributed by atoms with van der Waals surface area (Å²) in [5, 5.41) is 0. The van der Waals surface area contributed by atoms with E-state index in [4.69, 9.17) is 0 Å². The number of carbonyl (C=O) groups is 1. The fourth-order valence-electron chi connectivity index (χ4n) is 4.11. The molecule has 19 heavy (non-hydrogen) atoms. The van der Waals surface area contributed by atoms with Gasteiger partial charge in [-0.1, -0.05) is 89.2 Å². The number of rotatable bonds is 1. The molecule has 0 radical (unpaired) electrons. The van der Waals surface area contributed by atoms with E-state index in [1.807, 2.05) is 0 Å². The van der Waals surface area contributed by atoms with E-state index in [0.29, 0.717) is 12.4 Å². The molecule has 0 bridgehead atoms. The third-order valence-corrected chi connectivity index (χ3v) is 5.32. The summed E-state index contributed by atoms with van der Waals surface area (Å²) >= 11 is 0. The molecule has 0 aromatic heterocycles. The largest absolute Gasteiger partial charge is 0.311 e. The maximum atomic E-state index is 12.5. The average molecular weight is 262 g/mol. The van der Waals surface area contributed by atoms with Crippen molar-refractivity contribution < 1.29 is 4.79 Å². The third-order valence-electron chi connectivity index (χ3n) is 5.32. The van der Waals surface area contributed by atoms with Crippen LogP contribution < -0.4 is 0 Å². The van der Waals surface area contributed by atoms with Crippen LogP contribution in [0.5, 0.6) is 0 Å². The molecule has 1 heterocycles. The maximum absolute atomic E-state index is 12.5. The standard InChI is InChI=1S/C17H31BO/c19-17-14-10-6-3-7-11-15-18(17)16-12-8-4-1-2-5-9-13-16/h16H,1-15H2. The summed E-state index contributed by atoms with van der Waals surface area (Å²) < 4.78 is 0. The summed E-state index contributed by atoms with van der Waals surface area (Å²) in [7, 11) is 0. The van der Waals surface area contributed by atoms with Crippen molar-refractivity contribution in [3.05, 3.63) is 0 Å². The van der Waals surface area contributed by atoms with Crippen molar-refractivity contribution in [2.45, 2.75) is 102 Å². The quantitative estimate of drug-likeness (QED) is 0.574. The van der Waals surface area contributed by atoms with Crippen LogP contribution in [0.1, 0.15) is 89.9 Å². The zero-order valence-electron chi connectivity index (χ0n) is 12.7. The van der Waals surface area contributed by atoms with Crippen LogP contribution in [0, 0.1) is 0 Å². The Balaban J connectivity index is 1.94. The van der Waals surface area contributed by atoms with E-state index in [-0.39, 0.29) is 0 Å². The molecule has 0 aromatic rings. The van der Waals surface area contributed by atoms with Gasteiger partial charge in [0.25, 0.3) is 0 Å². The van der Waals surface area contributed by atoms with Gasteiger partial charge >= 0.3 is 0 Å². The van der Waals surface area contributed by atoms with Gasteiger partial charge in [-0.25, -0.2) is 0 Å². The Hall–Kier alpha value is -0.265. The zero-order chi connectivity index (χ0) is 13.3. The molecule has 1 aliphatic carbocycles. The van der Waals surface area contributed by atoms with Gasteiger partial charge in [-0.15, -0.1) is 0 Å². The van der Waals surface area contributed by atoms with Crippen LogP contribution in [0.3, 0.4) is 0 Å². The number of hydrogen-bond acceptors (Lipinski definition) is 1. The molecule has 1 saturated heterocycles. The Bertz CT molecular complexity index is 254. The fraction of sp³-hybridized carbons (Fsp3) is 0.941. The second-order valence-electron chi connectivity index (χ2n) is 6.84. The van der Waals surface area contributed by atoms with Crippen LogP contribution in [-0.4, -0.2) is 12.4 Å². The molecule has 2 rings (SSSR count). The molecule has 1 nitrogen and oxygen atoms in total. The van der Waals surface area contributed by atoms with E-state index in [1.165, 1.54) is 83.4 Å². The van der Waals surface area contributed by atoms with Gasteiger partial charge in [-0.2, -0.15) is 0 Å². The summed E-state index contributed by atoms with van der Waals surface area (Å²) in [5.74, 6) is 0.726. The molecule has 2 heteroatoms. The first kappa shape index (κ1) is 15.1. The predicted octanol–water partition coefficient (Wildman–Crippen LogP) is 5.45. The van der Waals surface area contributed by atoms with E-state index in [1.54, 1.807) is 0 Å². The third kappa shape index (κ3) is 5.32. The Kier molecular flexibility index (Phi) is 7.02. The van der Waals surface area contributed by atoms with E-state index in [0.717, 1.165) is 18.7 Å². The van der Waals surface area contributed by atoms with Crippen molar-refractivity contribution >= 4 is 12.4 Å². The highest BCUT2D eigenvalue weighted by Crippen LogP contribution is 2.32. The van der Waals surface area contributed by atoms with Crippen LogP contribution >= 0.6 is 0 Å². The van der Waals surface area contributed by atoms with Crippen molar-refractivity contribution in [2.24, 2.45) is 0 Å². The summed E-state index contributed by atoms with van der Waals surface area (Å²) in [6, 6.07) is 0. The van der Waals surface area contributed by atoms with Crippen LogP contribution in [0.4, 0.5) is 0 Å². The van der Waals surface area contributed by atoms with Gasteiger partial charge in [-0.05, 0) is 12.8 Å². The van der Waals surface area contributed by atoms with Crippen LogP contribution in [0.15, 0.2) is 0 Å². The predicted molar refractivity (Wildman–Crippen MR) is 84.0 cm³/mol. The highest BCUT2D eigenvalue weighted by molar-refractivity contribution is 6.91. The molecular weight excluding hydrogens is 231 g/mol. The highest BCUT2D eigenvalue weighted by Gasteiger charge is 2.31. The summed E-state index contributed by atoms with van der Waals surface area (Å²) in [5.41, 5.74) is 0.617. The average Bonchev–Trinajstić information content (AvgIpc) is 2.60. The summed E-state index contributed by atoms with van der Waals surface area (Å²) in [6.45, 7) is 0.427. The van der Waals surface area contributed by atoms with E-state index < -0.39 is 0 Å². The van der Waals surface area contributed by atoms with Gasteiger partial charge in [0.15, 0.2) is 0 Å². The first-order chi connectivity index (χ1) is 9.38. The van der Waals surface area contributed by atoms with E-state index in [2.05, 4.69) is 0 Å². The van der Waals surface area contributed by atoms with E-state index in [9.17, 15) is 4.79 Å². The molecule has 0 N–H and O–H groups in total. The molecule has 108 valence electrons. The molecule has 2 fully saturated rings. The van der Waals surface area contributed by atoms with Gasteiger partial charge in [0, 0.05) is 0 Å². The zero-order valence-corrected chi connectivity index (χ0v) is 12.7. The second kappa shape index (κ2) is 8.82. The lowest BCUT2D eigenvalue weighted by Gasteiger charge is -2.23. The molecule has 2 aliphatic rings. The van der Waals surface area contributed by atoms with Crippen molar-refractivity contribution in [3.8, 4) is 0 Å². The minimum Gasteiger partial charge on any atom is -0.311 e. The molecule has 0 atom stereocenters. The fourth-order valence-corrected chi connectivity index (χ4v) is 4.11. The van der Waals surface area contributed by atoms with Crippen molar-refractivity contribution in [1.29, 1.82) is 0 Å². The first-order valence-electron chi connectivity index (χ1n) is 8.90. The van der Waals surface area contributed by atoms with Crippen molar-refractivity contribution in [3.63, 3.8) is 0 Å². The van der Waals surface area contributed by atoms with E-state index >= 15 is 0 Å². The van der Waals surface area contributed by atoms with Gasteiger partial charge in [-0.3, -0.25) is 0 Å². The van der Waals surface area contributed by atoms with Crippen molar-refractivity contribution in [2.75, 3.05) is 0 Å². The second-order valence-corrected chi connectivity index (χ2v) is 6.84. The van der Waals surface area contributed by atoms with Gasteiger partial charge in [0.2, 0.25) is 6.71 Å². The maximum Gasteiger partial charge on any atom is 0.226 e. The first-order valence-corrected chi connectivity index (χ1v) is 8.90. The highest BCUT2D eigenvalue weighted by atomic mass is 16.1. The lowest BCUT2D eigenvalue weighted by Crippen LogP contribution is -2.31. The normalized spacial score (nSPS) is 25.7. The van der Waals surface area contributed by atoms with Crippen LogP contribution in [0.2, 0.25) is 12.1 Å². The molecular formula is C17H31BO. The van der Waals surface area contributed by atoms with Gasteiger partial charge in [0.1, 0.15) is 0 Å². The monoisotopic (exact) mass is 262 g/mol. The summed E-state index contributed by atoms with van der Waals surface area (Å²) in [6.07, 6.45) is 19.6.